The number of esters is 1. The number of carbonyl (C=O) groups excluding carboxylic acids is 1. The number of pyridine rings is 1. The summed E-state index contributed by atoms with van der Waals surface area (Å²) >= 11 is 0. The molecule has 0 radical (unpaired) electrons. The van der Waals surface area contributed by atoms with Crippen molar-refractivity contribution in [1.29, 1.82) is 0 Å². The maximum absolute atomic E-state index is 13.3. The van der Waals surface area contributed by atoms with E-state index in [9.17, 15) is 9.90 Å². The van der Waals surface area contributed by atoms with E-state index in [1.54, 1.807) is 24.3 Å². The van der Waals surface area contributed by atoms with Crippen LogP contribution in [0.2, 0.25) is 0 Å². The number of hydrogen-bond acceptors (Lipinski definition) is 4. The van der Waals surface area contributed by atoms with Gasteiger partial charge in [-0.25, -0.2) is 4.79 Å². The maximum atomic E-state index is 13.3. The lowest BCUT2D eigenvalue weighted by molar-refractivity contribution is -0.921. The van der Waals surface area contributed by atoms with Gasteiger partial charge in [0.25, 0.3) is 0 Å². The van der Waals surface area contributed by atoms with Crippen LogP contribution in [-0.2, 0) is 21.6 Å². The van der Waals surface area contributed by atoms with E-state index in [1.165, 1.54) is 0 Å². The lowest BCUT2D eigenvalue weighted by atomic mass is 9.86. The van der Waals surface area contributed by atoms with Crippen LogP contribution in [-0.4, -0.2) is 53.3 Å². The highest BCUT2D eigenvalue weighted by molar-refractivity contribution is 5.85. The number of benzene rings is 2. The molecule has 5 nitrogen and oxygen atoms in total. The van der Waals surface area contributed by atoms with Gasteiger partial charge >= 0.3 is 5.97 Å². The van der Waals surface area contributed by atoms with E-state index in [1.807, 2.05) is 54.7 Å². The van der Waals surface area contributed by atoms with Crippen molar-refractivity contribution < 1.29 is 19.1 Å². The van der Waals surface area contributed by atoms with Gasteiger partial charge in [-0.3, -0.25) is 4.98 Å². The molecule has 2 atom stereocenters. The van der Waals surface area contributed by atoms with Gasteiger partial charge in [0.15, 0.2) is 0 Å². The van der Waals surface area contributed by atoms with Crippen molar-refractivity contribution in [1.82, 2.24) is 4.98 Å². The first-order valence-electron chi connectivity index (χ1n) is 11.3. The normalized spacial score (nSPS) is 20.8. The Morgan fingerprint density at radius 1 is 1.03 bits per heavy atom. The summed E-state index contributed by atoms with van der Waals surface area (Å²) in [6.45, 7) is 2.29. The Morgan fingerprint density at radius 3 is 2.25 bits per heavy atom. The number of carbonyl (C=O) groups is 1. The zero-order chi connectivity index (χ0) is 22.4. The molecule has 32 heavy (non-hydrogen) atoms. The van der Waals surface area contributed by atoms with Crippen LogP contribution in [0, 0.1) is 0 Å². The molecule has 0 amide bonds. The quantitative estimate of drug-likeness (QED) is 0.436. The first kappa shape index (κ1) is 22.2. The molecular weight excluding hydrogens is 400 g/mol. The van der Waals surface area contributed by atoms with Gasteiger partial charge in [0.1, 0.15) is 12.6 Å². The third-order valence-electron chi connectivity index (χ3n) is 6.78. The monoisotopic (exact) mass is 431 g/mol. The highest BCUT2D eigenvalue weighted by Gasteiger charge is 2.44. The number of likely N-dealkylation sites (N-methyl/N-ethyl adjacent to an activating group) is 1. The Kier molecular flexibility index (Phi) is 6.68. The number of aliphatic hydroxyl groups is 1. The summed E-state index contributed by atoms with van der Waals surface area (Å²) in [5.74, 6) is -0.627. The second kappa shape index (κ2) is 9.63. The maximum Gasteiger partial charge on any atom is 0.347 e. The van der Waals surface area contributed by atoms with E-state index in [-0.39, 0.29) is 6.04 Å². The predicted molar refractivity (Wildman–Crippen MR) is 124 cm³/mol. The number of ether oxygens (including phenoxy) is 1. The number of likely N-dealkylation sites (tertiary alicyclic amines) is 1. The Hall–Kier alpha value is -3.02. The molecule has 1 unspecified atom stereocenters. The van der Waals surface area contributed by atoms with Crippen molar-refractivity contribution in [3.8, 4) is 0 Å². The van der Waals surface area contributed by atoms with Gasteiger partial charge in [0, 0.05) is 31.2 Å². The number of hydrogen-bond donors (Lipinski definition) is 1. The van der Waals surface area contributed by atoms with Crippen molar-refractivity contribution in [3.05, 3.63) is 102 Å². The summed E-state index contributed by atoms with van der Waals surface area (Å²) in [6.07, 6.45) is 4.82. The van der Waals surface area contributed by atoms with Crippen LogP contribution in [0.25, 0.3) is 0 Å². The summed E-state index contributed by atoms with van der Waals surface area (Å²) in [5.41, 5.74) is 0.264. The average Bonchev–Trinajstić information content (AvgIpc) is 3.23. The molecule has 0 saturated carbocycles. The lowest BCUT2D eigenvalue weighted by Crippen LogP contribution is -2.52. The van der Waals surface area contributed by atoms with Gasteiger partial charge in [-0.1, -0.05) is 66.7 Å². The Morgan fingerprint density at radius 2 is 1.66 bits per heavy atom. The summed E-state index contributed by atoms with van der Waals surface area (Å²) in [6, 6.07) is 24.2. The molecule has 166 valence electrons. The first-order valence-corrected chi connectivity index (χ1v) is 11.3. The van der Waals surface area contributed by atoms with E-state index >= 15 is 0 Å². The fraction of sp³-hybridized carbons (Fsp3) is 0.333. The molecule has 3 aromatic rings. The highest BCUT2D eigenvalue weighted by atomic mass is 16.6. The van der Waals surface area contributed by atoms with Crippen LogP contribution >= 0.6 is 0 Å². The van der Waals surface area contributed by atoms with Gasteiger partial charge in [-0.15, -0.1) is 0 Å². The van der Waals surface area contributed by atoms with Crippen molar-refractivity contribution in [2.75, 3.05) is 26.7 Å². The zero-order valence-electron chi connectivity index (χ0n) is 18.6. The third-order valence-corrected chi connectivity index (χ3v) is 6.78. The molecule has 1 fully saturated rings. The number of quaternary nitrogens is 1. The van der Waals surface area contributed by atoms with E-state index in [0.717, 1.165) is 42.5 Å². The predicted octanol–water partition coefficient (Wildman–Crippen LogP) is 3.71. The average molecular weight is 432 g/mol. The molecule has 1 aromatic heterocycles. The Labute approximate surface area is 189 Å². The third kappa shape index (κ3) is 4.59. The topological polar surface area (TPSA) is 59.4 Å². The zero-order valence-corrected chi connectivity index (χ0v) is 18.6. The minimum Gasteiger partial charge on any atom is -0.457 e. The van der Waals surface area contributed by atoms with Gasteiger partial charge in [-0.2, -0.15) is 0 Å². The highest BCUT2D eigenvalue weighted by Crippen LogP contribution is 2.32. The van der Waals surface area contributed by atoms with Crippen LogP contribution in [0.5, 0.6) is 0 Å². The summed E-state index contributed by atoms with van der Waals surface area (Å²) in [5, 5.41) is 11.6. The molecule has 1 aliphatic rings. The van der Waals surface area contributed by atoms with E-state index < -0.39 is 11.6 Å². The molecular formula is C27H31N2O3+. The standard InChI is InChI=1S/C27H31N2O3/c1-29(20-17-24-15-8-9-18-28-24)19-10-16-25(29)21-32-26(30)27(31,22-11-4-2-5-12-22)23-13-6-3-7-14-23/h2-9,11-15,18,25,31H,10,16-17,19-21H2,1H3/q+1/t25-,29?/m1/s1. The first-order chi connectivity index (χ1) is 15.5. The largest absolute Gasteiger partial charge is 0.457 e. The van der Waals surface area contributed by atoms with Gasteiger partial charge in [0.05, 0.1) is 20.1 Å². The van der Waals surface area contributed by atoms with Gasteiger partial charge < -0.3 is 14.3 Å². The minimum absolute atomic E-state index is 0.207. The number of nitrogens with zero attached hydrogens (tertiary/aromatic N) is 2. The fourth-order valence-electron chi connectivity index (χ4n) is 4.69. The second-order valence-electron chi connectivity index (χ2n) is 8.83. The van der Waals surface area contributed by atoms with E-state index in [2.05, 4.69) is 18.1 Å². The van der Waals surface area contributed by atoms with Crippen LogP contribution in [0.3, 0.4) is 0 Å². The van der Waals surface area contributed by atoms with E-state index in [4.69, 9.17) is 4.74 Å². The molecule has 0 bridgehead atoms. The molecule has 1 saturated heterocycles. The fourth-order valence-corrected chi connectivity index (χ4v) is 4.69. The molecule has 0 aliphatic carbocycles. The van der Waals surface area contributed by atoms with Crippen LogP contribution in [0.4, 0.5) is 0 Å². The molecule has 1 N–H and O–H groups in total. The number of aromatic nitrogens is 1. The Bertz CT molecular complexity index is 971. The summed E-state index contributed by atoms with van der Waals surface area (Å²) in [7, 11) is 2.23. The van der Waals surface area contributed by atoms with Crippen LogP contribution < -0.4 is 0 Å². The van der Waals surface area contributed by atoms with Gasteiger partial charge in [0.2, 0.25) is 5.60 Å². The lowest BCUT2D eigenvalue weighted by Gasteiger charge is -2.36. The van der Waals surface area contributed by atoms with Crippen molar-refractivity contribution >= 4 is 5.97 Å². The smallest absolute Gasteiger partial charge is 0.347 e. The molecule has 2 heterocycles. The molecule has 4 rings (SSSR count). The molecule has 0 spiro atoms. The van der Waals surface area contributed by atoms with Crippen molar-refractivity contribution in [2.45, 2.75) is 30.9 Å². The molecule has 5 heteroatoms. The molecule has 1 aliphatic heterocycles. The Balaban J connectivity index is 1.48. The van der Waals surface area contributed by atoms with E-state index in [0.29, 0.717) is 17.7 Å². The summed E-state index contributed by atoms with van der Waals surface area (Å²) in [4.78, 5) is 17.8. The van der Waals surface area contributed by atoms with Gasteiger partial charge in [-0.05, 0) is 23.3 Å². The number of rotatable bonds is 8. The van der Waals surface area contributed by atoms with Crippen LogP contribution in [0.1, 0.15) is 29.7 Å². The SMILES string of the molecule is C[N+]1(CCc2ccccn2)CCC[C@@H]1COC(=O)C(O)(c1ccccc1)c1ccccc1. The van der Waals surface area contributed by atoms with Crippen molar-refractivity contribution in [2.24, 2.45) is 0 Å². The molecule has 2 aromatic carbocycles. The minimum atomic E-state index is -1.83. The second-order valence-corrected chi connectivity index (χ2v) is 8.83. The van der Waals surface area contributed by atoms with Crippen molar-refractivity contribution in [3.63, 3.8) is 0 Å². The van der Waals surface area contributed by atoms with Crippen LogP contribution in [0.15, 0.2) is 85.1 Å². The summed E-state index contributed by atoms with van der Waals surface area (Å²) < 4.78 is 6.67.